The number of hydrogen-bond acceptors (Lipinski definition) is 7. The molecule has 2 fully saturated rings. The summed E-state index contributed by atoms with van der Waals surface area (Å²) in [5.41, 5.74) is 0.152. The third-order valence-electron chi connectivity index (χ3n) is 5.21. The maximum Gasteiger partial charge on any atom is 0.337 e. The summed E-state index contributed by atoms with van der Waals surface area (Å²) in [4.78, 5) is 60.6. The predicted octanol–water partition coefficient (Wildman–Crippen LogP) is 0.353. The van der Waals surface area contributed by atoms with Gasteiger partial charge in [0.2, 0.25) is 0 Å². The lowest BCUT2D eigenvalue weighted by atomic mass is 9.96. The summed E-state index contributed by atoms with van der Waals surface area (Å²) < 4.78 is 9.48. The molecule has 0 radical (unpaired) electrons. The number of carbonyl (C=O) groups is 5. The average Bonchev–Trinajstić information content (AvgIpc) is 3.56. The van der Waals surface area contributed by atoms with E-state index in [9.17, 15) is 24.0 Å². The number of benzene rings is 1. The number of esters is 2. The molecule has 0 aromatic heterocycles. The molecule has 1 aromatic carbocycles. The van der Waals surface area contributed by atoms with Gasteiger partial charge in [0, 0.05) is 6.54 Å². The minimum Gasteiger partial charge on any atom is -0.465 e. The van der Waals surface area contributed by atoms with Gasteiger partial charge in [-0.15, -0.1) is 0 Å². The molecule has 4 amide bonds. The first-order valence-corrected chi connectivity index (χ1v) is 9.48. The summed E-state index contributed by atoms with van der Waals surface area (Å²) in [5.74, 6) is -2.22. The number of rotatable bonds is 8. The molecule has 10 nitrogen and oxygen atoms in total. The first kappa shape index (κ1) is 21.3. The highest BCUT2D eigenvalue weighted by atomic mass is 16.5. The number of imide groups is 1. The number of hydrogen-bond donors (Lipinski definition) is 2. The van der Waals surface area contributed by atoms with Gasteiger partial charge in [-0.25, -0.2) is 9.59 Å². The van der Waals surface area contributed by atoms with E-state index in [1.165, 1.54) is 7.11 Å². The minimum atomic E-state index is -0.974. The van der Waals surface area contributed by atoms with Gasteiger partial charge >= 0.3 is 18.0 Å². The molecule has 1 saturated carbocycles. The Bertz CT molecular complexity index is 879. The Labute approximate surface area is 172 Å². The molecule has 160 valence electrons. The molecule has 0 spiro atoms. The number of ether oxygens (including phenoxy) is 2. The zero-order chi connectivity index (χ0) is 21.9. The Morgan fingerprint density at radius 1 is 1.20 bits per heavy atom. The van der Waals surface area contributed by atoms with E-state index in [1.54, 1.807) is 31.2 Å². The highest BCUT2D eigenvalue weighted by Crippen LogP contribution is 2.42. The highest BCUT2D eigenvalue weighted by Gasteiger charge is 2.56. The SMILES string of the molecule is COC(=O)c1ccc(CNC(=O)COC(=O)CN2C(=O)N[C@@](C)(C3CC3)C2=O)cc1. The van der Waals surface area contributed by atoms with E-state index < -0.39 is 48.5 Å². The molecular weight excluding hydrogens is 394 g/mol. The van der Waals surface area contributed by atoms with Crippen LogP contribution in [-0.2, 0) is 30.4 Å². The van der Waals surface area contributed by atoms with Crippen LogP contribution in [0, 0.1) is 5.92 Å². The van der Waals surface area contributed by atoms with Gasteiger partial charge in [-0.05, 0) is 43.4 Å². The van der Waals surface area contributed by atoms with Crippen LogP contribution in [0.15, 0.2) is 24.3 Å². The van der Waals surface area contributed by atoms with E-state index in [4.69, 9.17) is 4.74 Å². The molecule has 0 bridgehead atoms. The van der Waals surface area contributed by atoms with Crippen LogP contribution in [0.2, 0.25) is 0 Å². The first-order valence-electron chi connectivity index (χ1n) is 9.48. The van der Waals surface area contributed by atoms with E-state index in [2.05, 4.69) is 15.4 Å². The molecule has 2 aliphatic rings. The maximum atomic E-state index is 12.5. The summed E-state index contributed by atoms with van der Waals surface area (Å²) in [6.45, 7) is 0.740. The molecule has 3 rings (SSSR count). The van der Waals surface area contributed by atoms with Gasteiger partial charge < -0.3 is 20.1 Å². The summed E-state index contributed by atoms with van der Waals surface area (Å²) in [6.07, 6.45) is 1.71. The lowest BCUT2D eigenvalue weighted by Crippen LogP contribution is -2.46. The van der Waals surface area contributed by atoms with E-state index in [0.717, 1.165) is 23.3 Å². The van der Waals surface area contributed by atoms with E-state index in [-0.39, 0.29) is 12.5 Å². The second-order valence-corrected chi connectivity index (χ2v) is 7.42. The van der Waals surface area contributed by atoms with Crippen molar-refractivity contribution in [2.75, 3.05) is 20.3 Å². The molecule has 10 heteroatoms. The van der Waals surface area contributed by atoms with Crippen molar-refractivity contribution in [3.63, 3.8) is 0 Å². The second kappa shape index (κ2) is 8.52. The van der Waals surface area contributed by atoms with E-state index in [0.29, 0.717) is 5.56 Å². The molecule has 1 saturated heterocycles. The molecule has 0 unspecified atom stereocenters. The van der Waals surface area contributed by atoms with Crippen molar-refractivity contribution in [2.45, 2.75) is 31.8 Å². The standard InChI is InChI=1S/C20H23N3O7/c1-20(14-7-8-14)18(27)23(19(28)22-20)10-16(25)30-11-15(24)21-9-12-3-5-13(6-4-12)17(26)29-2/h3-6,14H,7-11H2,1-2H3,(H,21,24)(H,22,28)/t20-/m0/s1. The second-order valence-electron chi connectivity index (χ2n) is 7.42. The van der Waals surface area contributed by atoms with Crippen LogP contribution in [0.5, 0.6) is 0 Å². The molecule has 1 heterocycles. The molecule has 1 atom stereocenters. The van der Waals surface area contributed by atoms with Gasteiger partial charge in [-0.1, -0.05) is 12.1 Å². The van der Waals surface area contributed by atoms with Crippen LogP contribution in [-0.4, -0.2) is 60.5 Å². The molecule has 2 N–H and O–H groups in total. The molecule has 1 aromatic rings. The number of nitrogens with one attached hydrogen (secondary N) is 2. The number of urea groups is 1. The Morgan fingerprint density at radius 3 is 2.47 bits per heavy atom. The first-order chi connectivity index (χ1) is 14.2. The largest absolute Gasteiger partial charge is 0.465 e. The van der Waals surface area contributed by atoms with Gasteiger partial charge in [0.25, 0.3) is 11.8 Å². The van der Waals surface area contributed by atoms with E-state index >= 15 is 0 Å². The molecule has 1 aliphatic carbocycles. The third-order valence-corrected chi connectivity index (χ3v) is 5.21. The molecular formula is C20H23N3O7. The van der Waals surface area contributed by atoms with E-state index in [1.807, 2.05) is 0 Å². The predicted molar refractivity (Wildman–Crippen MR) is 102 cm³/mol. The topological polar surface area (TPSA) is 131 Å². The van der Waals surface area contributed by atoms with Crippen LogP contribution in [0.1, 0.15) is 35.7 Å². The van der Waals surface area contributed by atoms with Crippen LogP contribution in [0.3, 0.4) is 0 Å². The van der Waals surface area contributed by atoms with Crippen LogP contribution < -0.4 is 10.6 Å². The van der Waals surface area contributed by atoms with Crippen molar-refractivity contribution in [3.05, 3.63) is 35.4 Å². The van der Waals surface area contributed by atoms with Crippen molar-refractivity contribution in [1.29, 1.82) is 0 Å². The summed E-state index contributed by atoms with van der Waals surface area (Å²) >= 11 is 0. The van der Waals surface area contributed by atoms with Crippen LogP contribution >= 0.6 is 0 Å². The number of carbonyl (C=O) groups excluding carboxylic acids is 5. The van der Waals surface area contributed by atoms with Crippen LogP contribution in [0.25, 0.3) is 0 Å². The Balaban J connectivity index is 1.41. The smallest absolute Gasteiger partial charge is 0.337 e. The summed E-state index contributed by atoms with van der Waals surface area (Å²) in [7, 11) is 1.29. The number of amides is 4. The average molecular weight is 417 g/mol. The zero-order valence-corrected chi connectivity index (χ0v) is 16.7. The normalized spacial score (nSPS) is 20.5. The van der Waals surface area contributed by atoms with Crippen LogP contribution in [0.4, 0.5) is 4.79 Å². The van der Waals surface area contributed by atoms with Crippen molar-refractivity contribution in [1.82, 2.24) is 15.5 Å². The lowest BCUT2D eigenvalue weighted by molar-refractivity contribution is -0.151. The van der Waals surface area contributed by atoms with Gasteiger partial charge in [0.1, 0.15) is 12.1 Å². The monoisotopic (exact) mass is 417 g/mol. The van der Waals surface area contributed by atoms with Crippen molar-refractivity contribution in [3.8, 4) is 0 Å². The Morgan fingerprint density at radius 2 is 1.87 bits per heavy atom. The fraction of sp³-hybridized carbons (Fsp3) is 0.450. The third kappa shape index (κ3) is 4.58. The quantitative estimate of drug-likeness (QED) is 0.461. The van der Waals surface area contributed by atoms with Gasteiger partial charge in [0.05, 0.1) is 12.7 Å². The highest BCUT2D eigenvalue weighted by molar-refractivity contribution is 6.08. The number of nitrogens with zero attached hydrogens (tertiary/aromatic N) is 1. The zero-order valence-electron chi connectivity index (χ0n) is 16.7. The lowest BCUT2D eigenvalue weighted by Gasteiger charge is -2.20. The summed E-state index contributed by atoms with van der Waals surface area (Å²) in [5, 5.41) is 5.21. The van der Waals surface area contributed by atoms with Gasteiger partial charge in [-0.3, -0.25) is 19.3 Å². The maximum absolute atomic E-state index is 12.5. The van der Waals surface area contributed by atoms with Gasteiger partial charge in [-0.2, -0.15) is 0 Å². The van der Waals surface area contributed by atoms with Crippen molar-refractivity contribution >= 4 is 29.8 Å². The van der Waals surface area contributed by atoms with Crippen molar-refractivity contribution < 1.29 is 33.4 Å². The summed E-state index contributed by atoms with van der Waals surface area (Å²) in [6, 6.07) is 5.83. The molecule has 1 aliphatic heterocycles. The molecule has 30 heavy (non-hydrogen) atoms. The fourth-order valence-corrected chi connectivity index (χ4v) is 3.25. The Kier molecular flexibility index (Phi) is 6.04. The Hall–Kier alpha value is -3.43. The number of methoxy groups -OCH3 is 1. The van der Waals surface area contributed by atoms with Crippen molar-refractivity contribution in [2.24, 2.45) is 5.92 Å². The van der Waals surface area contributed by atoms with Gasteiger partial charge in [0.15, 0.2) is 6.61 Å². The minimum absolute atomic E-state index is 0.0856. The fourth-order valence-electron chi connectivity index (χ4n) is 3.25.